The van der Waals surface area contributed by atoms with Gasteiger partial charge in [0.2, 0.25) is 0 Å². The SMILES string of the molecule is CC(C)CC1(CNC(C)c2cc(O)ccc2O)CCCC1. The number of phenolic OH excluding ortho intramolecular Hbond substituents is 2. The van der Waals surface area contributed by atoms with Crippen molar-refractivity contribution < 1.29 is 10.2 Å². The second-order valence-corrected chi connectivity index (χ2v) is 7.15. The van der Waals surface area contributed by atoms with Crippen molar-refractivity contribution in [2.45, 2.75) is 58.9 Å². The standard InChI is InChI=1S/C18H29NO2/c1-13(2)11-18(8-4-5-9-18)12-19-14(3)16-10-15(20)6-7-17(16)21/h6-7,10,13-14,19-21H,4-5,8-9,11-12H2,1-3H3. The topological polar surface area (TPSA) is 52.5 Å². The molecule has 3 nitrogen and oxygen atoms in total. The first-order valence-corrected chi connectivity index (χ1v) is 8.17. The van der Waals surface area contributed by atoms with E-state index in [1.165, 1.54) is 38.2 Å². The molecule has 3 N–H and O–H groups in total. The fourth-order valence-electron chi connectivity index (χ4n) is 3.81. The van der Waals surface area contributed by atoms with Gasteiger partial charge in [-0.2, -0.15) is 0 Å². The Morgan fingerprint density at radius 2 is 1.81 bits per heavy atom. The number of hydrogen-bond donors (Lipinski definition) is 3. The van der Waals surface area contributed by atoms with Crippen LogP contribution in [0.3, 0.4) is 0 Å². The Labute approximate surface area is 128 Å². The van der Waals surface area contributed by atoms with E-state index in [2.05, 4.69) is 19.2 Å². The van der Waals surface area contributed by atoms with Crippen LogP contribution in [0.15, 0.2) is 18.2 Å². The van der Waals surface area contributed by atoms with Gasteiger partial charge in [0.25, 0.3) is 0 Å². The highest BCUT2D eigenvalue weighted by Crippen LogP contribution is 2.43. The predicted octanol–water partition coefficient (Wildman–Crippen LogP) is 4.35. The van der Waals surface area contributed by atoms with Gasteiger partial charge in [-0.05, 0) is 55.7 Å². The van der Waals surface area contributed by atoms with Crippen molar-refractivity contribution in [3.8, 4) is 11.5 Å². The highest BCUT2D eigenvalue weighted by molar-refractivity contribution is 5.40. The summed E-state index contributed by atoms with van der Waals surface area (Å²) in [5.74, 6) is 1.17. The first-order chi connectivity index (χ1) is 9.92. The number of phenols is 2. The Hall–Kier alpha value is -1.22. The van der Waals surface area contributed by atoms with Crippen molar-refractivity contribution in [3.05, 3.63) is 23.8 Å². The van der Waals surface area contributed by atoms with E-state index in [1.54, 1.807) is 12.1 Å². The fourth-order valence-corrected chi connectivity index (χ4v) is 3.81. The molecule has 1 aromatic rings. The minimum atomic E-state index is 0.0433. The van der Waals surface area contributed by atoms with Gasteiger partial charge in [0.1, 0.15) is 11.5 Å². The van der Waals surface area contributed by atoms with Crippen LogP contribution < -0.4 is 5.32 Å². The summed E-state index contributed by atoms with van der Waals surface area (Å²) in [5, 5.41) is 23.1. The lowest BCUT2D eigenvalue weighted by Crippen LogP contribution is -2.34. The number of benzene rings is 1. The van der Waals surface area contributed by atoms with Gasteiger partial charge < -0.3 is 15.5 Å². The average Bonchev–Trinajstić information content (AvgIpc) is 2.87. The monoisotopic (exact) mass is 291 g/mol. The molecule has 1 saturated carbocycles. The fraction of sp³-hybridized carbons (Fsp3) is 0.667. The minimum absolute atomic E-state index is 0.0433. The van der Waals surface area contributed by atoms with Crippen LogP contribution >= 0.6 is 0 Å². The molecule has 3 heteroatoms. The Balaban J connectivity index is 2.01. The van der Waals surface area contributed by atoms with Gasteiger partial charge in [-0.15, -0.1) is 0 Å². The van der Waals surface area contributed by atoms with E-state index in [-0.39, 0.29) is 17.5 Å². The van der Waals surface area contributed by atoms with Crippen molar-refractivity contribution in [3.63, 3.8) is 0 Å². The Kier molecular flexibility index (Phi) is 5.15. The molecule has 0 saturated heterocycles. The second kappa shape index (κ2) is 6.69. The summed E-state index contributed by atoms with van der Waals surface area (Å²) in [4.78, 5) is 0. The first-order valence-electron chi connectivity index (χ1n) is 8.17. The van der Waals surface area contributed by atoms with Gasteiger partial charge in [0.15, 0.2) is 0 Å². The Morgan fingerprint density at radius 1 is 1.14 bits per heavy atom. The smallest absolute Gasteiger partial charge is 0.120 e. The number of hydrogen-bond acceptors (Lipinski definition) is 3. The molecule has 1 fully saturated rings. The Bertz CT molecular complexity index is 464. The molecule has 1 aliphatic carbocycles. The summed E-state index contributed by atoms with van der Waals surface area (Å²) in [6.45, 7) is 7.63. The molecule has 0 amide bonds. The van der Waals surface area contributed by atoms with Crippen molar-refractivity contribution in [1.29, 1.82) is 0 Å². The highest BCUT2D eigenvalue weighted by Gasteiger charge is 2.34. The largest absolute Gasteiger partial charge is 0.508 e. The molecule has 1 unspecified atom stereocenters. The average molecular weight is 291 g/mol. The minimum Gasteiger partial charge on any atom is -0.508 e. The van der Waals surface area contributed by atoms with Gasteiger partial charge in [0.05, 0.1) is 0 Å². The molecule has 0 bridgehead atoms. The summed E-state index contributed by atoms with van der Waals surface area (Å²) >= 11 is 0. The zero-order chi connectivity index (χ0) is 15.5. The molecular weight excluding hydrogens is 262 g/mol. The maximum Gasteiger partial charge on any atom is 0.120 e. The van der Waals surface area contributed by atoms with E-state index in [0.29, 0.717) is 5.41 Å². The van der Waals surface area contributed by atoms with Gasteiger partial charge in [-0.3, -0.25) is 0 Å². The number of aromatic hydroxyl groups is 2. The van der Waals surface area contributed by atoms with Crippen molar-refractivity contribution in [2.24, 2.45) is 11.3 Å². The third-order valence-electron chi connectivity index (χ3n) is 4.77. The van der Waals surface area contributed by atoms with Gasteiger partial charge in [0, 0.05) is 18.2 Å². The molecule has 0 heterocycles. The third-order valence-corrected chi connectivity index (χ3v) is 4.77. The Morgan fingerprint density at radius 3 is 2.43 bits per heavy atom. The molecule has 1 aromatic carbocycles. The molecule has 1 atom stereocenters. The lowest BCUT2D eigenvalue weighted by molar-refractivity contribution is 0.216. The second-order valence-electron chi connectivity index (χ2n) is 7.15. The molecule has 2 rings (SSSR count). The maximum absolute atomic E-state index is 9.96. The lowest BCUT2D eigenvalue weighted by atomic mass is 9.78. The van der Waals surface area contributed by atoms with E-state index < -0.39 is 0 Å². The first kappa shape index (κ1) is 16.2. The lowest BCUT2D eigenvalue weighted by Gasteiger charge is -2.33. The van der Waals surface area contributed by atoms with Crippen LogP contribution in [0.25, 0.3) is 0 Å². The molecular formula is C18H29NO2. The molecule has 0 aliphatic heterocycles. The normalized spacial score (nSPS) is 19.0. The zero-order valence-electron chi connectivity index (χ0n) is 13.5. The summed E-state index contributed by atoms with van der Waals surface area (Å²) in [6.07, 6.45) is 6.53. The molecule has 21 heavy (non-hydrogen) atoms. The van der Waals surface area contributed by atoms with E-state index in [9.17, 15) is 10.2 Å². The summed E-state index contributed by atoms with van der Waals surface area (Å²) < 4.78 is 0. The molecule has 0 aromatic heterocycles. The quantitative estimate of drug-likeness (QED) is 0.683. The van der Waals surface area contributed by atoms with Crippen LogP contribution in [0, 0.1) is 11.3 Å². The van der Waals surface area contributed by atoms with E-state index in [0.717, 1.165) is 18.0 Å². The van der Waals surface area contributed by atoms with Crippen LogP contribution in [0.5, 0.6) is 11.5 Å². The highest BCUT2D eigenvalue weighted by atomic mass is 16.3. The van der Waals surface area contributed by atoms with Gasteiger partial charge in [-0.1, -0.05) is 26.7 Å². The number of nitrogens with one attached hydrogen (secondary N) is 1. The molecule has 0 spiro atoms. The zero-order valence-corrected chi connectivity index (χ0v) is 13.5. The molecule has 118 valence electrons. The van der Waals surface area contributed by atoms with E-state index in [1.807, 2.05) is 6.92 Å². The molecule has 1 aliphatic rings. The van der Waals surface area contributed by atoms with Crippen LogP contribution in [-0.4, -0.2) is 16.8 Å². The maximum atomic E-state index is 9.96. The predicted molar refractivity (Wildman–Crippen MR) is 86.5 cm³/mol. The van der Waals surface area contributed by atoms with Gasteiger partial charge >= 0.3 is 0 Å². The van der Waals surface area contributed by atoms with Crippen LogP contribution in [0.4, 0.5) is 0 Å². The summed E-state index contributed by atoms with van der Waals surface area (Å²) in [5.41, 5.74) is 1.18. The number of rotatable bonds is 6. The summed E-state index contributed by atoms with van der Waals surface area (Å²) in [7, 11) is 0. The van der Waals surface area contributed by atoms with Crippen LogP contribution in [0.1, 0.15) is 64.5 Å². The van der Waals surface area contributed by atoms with Gasteiger partial charge in [-0.25, -0.2) is 0 Å². The van der Waals surface area contributed by atoms with Crippen molar-refractivity contribution in [1.82, 2.24) is 5.32 Å². The molecule has 0 radical (unpaired) electrons. The summed E-state index contributed by atoms with van der Waals surface area (Å²) in [6, 6.07) is 4.77. The van der Waals surface area contributed by atoms with Crippen LogP contribution in [0.2, 0.25) is 0 Å². The van der Waals surface area contributed by atoms with Crippen molar-refractivity contribution >= 4 is 0 Å². The van der Waals surface area contributed by atoms with Crippen LogP contribution in [-0.2, 0) is 0 Å². The van der Waals surface area contributed by atoms with E-state index >= 15 is 0 Å². The third kappa shape index (κ3) is 4.13. The van der Waals surface area contributed by atoms with E-state index in [4.69, 9.17) is 0 Å². The van der Waals surface area contributed by atoms with Crippen molar-refractivity contribution in [2.75, 3.05) is 6.54 Å².